The first-order valence-electron chi connectivity index (χ1n) is 10.8. The second kappa shape index (κ2) is 7.53. The van der Waals surface area contributed by atoms with Gasteiger partial charge in [-0.15, -0.1) is 0 Å². The summed E-state index contributed by atoms with van der Waals surface area (Å²) < 4.78 is 14.8. The van der Waals surface area contributed by atoms with Gasteiger partial charge in [-0.3, -0.25) is 28.9 Å². The zero-order valence-electron chi connectivity index (χ0n) is 18.4. The Morgan fingerprint density at radius 3 is 2.39 bits per heavy atom. The van der Waals surface area contributed by atoms with Crippen molar-refractivity contribution in [2.24, 2.45) is 29.4 Å². The molecule has 1 amide bonds. The molecule has 0 aliphatic heterocycles. The number of carbonyl (C=O) groups is 5. The standard InChI is InChI=1S/C23H25FN2O7/c1-4-8-9-7-10-17(26(2)3)19(29)16(22(25)32)21(31)23(10,33)20(30)14(9)18(28)15-12(27)6-5-11(24)13(8)15/h5-6,8-10,14,16-17,27,33H,4,7H2,1-3H3,(H2,25,32)/t8-,9-,10+,14?,16?,17+,23+/m1/s1. The maximum absolute atomic E-state index is 14.8. The summed E-state index contributed by atoms with van der Waals surface area (Å²) in [5.41, 5.74) is 2.14. The van der Waals surface area contributed by atoms with Gasteiger partial charge in [0, 0.05) is 11.5 Å². The molecule has 2 unspecified atom stereocenters. The Morgan fingerprint density at radius 2 is 1.85 bits per heavy atom. The highest BCUT2D eigenvalue weighted by atomic mass is 19.1. The second-order valence-corrected chi connectivity index (χ2v) is 9.36. The number of fused-ring (bicyclic) bond motifs is 3. The molecule has 1 aromatic rings. The van der Waals surface area contributed by atoms with Crippen LogP contribution >= 0.6 is 0 Å². The van der Waals surface area contributed by atoms with Crippen molar-refractivity contribution in [3.05, 3.63) is 29.1 Å². The molecule has 10 heteroatoms. The summed E-state index contributed by atoms with van der Waals surface area (Å²) in [6.45, 7) is 1.74. The molecule has 0 aromatic heterocycles. The third-order valence-corrected chi connectivity index (χ3v) is 7.61. The number of Topliss-reactive ketones (excluding diaryl/α,β-unsaturated/α-hetero) is 4. The number of ketones is 4. The molecule has 0 bridgehead atoms. The maximum atomic E-state index is 14.8. The number of hydrogen-bond donors (Lipinski definition) is 3. The van der Waals surface area contributed by atoms with Crippen LogP contribution in [0.4, 0.5) is 4.39 Å². The second-order valence-electron chi connectivity index (χ2n) is 9.36. The molecule has 0 radical (unpaired) electrons. The number of aromatic hydroxyl groups is 1. The number of likely N-dealkylation sites (N-methyl/N-ethyl adjacent to an activating group) is 1. The minimum Gasteiger partial charge on any atom is -0.507 e. The van der Waals surface area contributed by atoms with E-state index in [0.29, 0.717) is 6.42 Å². The highest BCUT2D eigenvalue weighted by Gasteiger charge is 2.70. The summed E-state index contributed by atoms with van der Waals surface area (Å²) in [6.07, 6.45) is 0.191. The molecule has 4 N–H and O–H groups in total. The molecular formula is C23H25FN2O7. The lowest BCUT2D eigenvalue weighted by molar-refractivity contribution is -0.182. The first-order valence-corrected chi connectivity index (χ1v) is 10.8. The number of halogens is 1. The minimum atomic E-state index is -2.79. The lowest BCUT2D eigenvalue weighted by atomic mass is 9.50. The summed E-state index contributed by atoms with van der Waals surface area (Å²) in [7, 11) is 3.01. The summed E-state index contributed by atoms with van der Waals surface area (Å²) in [5.74, 6) is -13.0. The molecule has 0 heterocycles. The van der Waals surface area contributed by atoms with Crippen molar-refractivity contribution in [3.8, 4) is 5.75 Å². The summed E-state index contributed by atoms with van der Waals surface area (Å²) in [4.78, 5) is 66.7. The van der Waals surface area contributed by atoms with Gasteiger partial charge in [-0.1, -0.05) is 6.92 Å². The van der Waals surface area contributed by atoms with E-state index in [1.165, 1.54) is 19.0 Å². The van der Waals surface area contributed by atoms with Crippen LogP contribution in [-0.4, -0.2) is 69.9 Å². The van der Waals surface area contributed by atoms with Gasteiger partial charge in [0.2, 0.25) is 5.91 Å². The Kier molecular flexibility index (Phi) is 5.29. The van der Waals surface area contributed by atoms with Crippen LogP contribution in [0.15, 0.2) is 12.1 Å². The smallest absolute Gasteiger partial charge is 0.235 e. The zero-order chi connectivity index (χ0) is 24.6. The monoisotopic (exact) mass is 460 g/mol. The topological polar surface area (TPSA) is 155 Å². The van der Waals surface area contributed by atoms with Gasteiger partial charge in [-0.25, -0.2) is 4.39 Å². The summed E-state index contributed by atoms with van der Waals surface area (Å²) >= 11 is 0. The number of amides is 1. The van der Waals surface area contributed by atoms with E-state index < -0.39 is 81.8 Å². The average molecular weight is 460 g/mol. The van der Waals surface area contributed by atoms with Gasteiger partial charge in [0.05, 0.1) is 17.5 Å². The number of carbonyl (C=O) groups excluding carboxylic acids is 5. The number of benzene rings is 1. The van der Waals surface area contributed by atoms with E-state index in [-0.39, 0.29) is 17.5 Å². The van der Waals surface area contributed by atoms with Crippen LogP contribution in [-0.2, 0) is 19.2 Å². The van der Waals surface area contributed by atoms with Crippen LogP contribution in [0, 0.1) is 29.5 Å². The van der Waals surface area contributed by atoms with Crippen LogP contribution < -0.4 is 5.73 Å². The predicted molar refractivity (Wildman–Crippen MR) is 111 cm³/mol. The number of aliphatic hydroxyl groups is 1. The Balaban J connectivity index is 1.95. The third-order valence-electron chi connectivity index (χ3n) is 7.61. The number of nitrogens with zero attached hydrogens (tertiary/aromatic N) is 1. The Labute approximate surface area is 188 Å². The zero-order valence-corrected chi connectivity index (χ0v) is 18.4. The Bertz CT molecular complexity index is 1120. The third kappa shape index (κ3) is 2.86. The molecule has 4 rings (SSSR count). The van der Waals surface area contributed by atoms with E-state index in [2.05, 4.69) is 0 Å². The van der Waals surface area contributed by atoms with Crippen LogP contribution in [0.5, 0.6) is 5.75 Å². The van der Waals surface area contributed by atoms with E-state index in [1.807, 2.05) is 0 Å². The van der Waals surface area contributed by atoms with Crippen molar-refractivity contribution in [2.45, 2.75) is 37.3 Å². The number of nitrogens with two attached hydrogens (primary N) is 1. The normalized spacial score (nSPS) is 35.8. The van der Waals surface area contributed by atoms with Crippen LogP contribution in [0.25, 0.3) is 0 Å². The molecule has 2 fully saturated rings. The van der Waals surface area contributed by atoms with Gasteiger partial charge >= 0.3 is 0 Å². The molecule has 0 saturated heterocycles. The van der Waals surface area contributed by atoms with Crippen LogP contribution in [0.2, 0.25) is 0 Å². The number of rotatable bonds is 3. The fourth-order valence-corrected chi connectivity index (χ4v) is 6.27. The molecule has 2 saturated carbocycles. The summed E-state index contributed by atoms with van der Waals surface area (Å²) in [5, 5.41) is 21.8. The number of phenols is 1. The Hall–Kier alpha value is -2.98. The van der Waals surface area contributed by atoms with Gasteiger partial charge in [0.1, 0.15) is 11.6 Å². The fraction of sp³-hybridized carbons (Fsp3) is 0.522. The van der Waals surface area contributed by atoms with Crippen molar-refractivity contribution < 1.29 is 38.6 Å². The largest absolute Gasteiger partial charge is 0.507 e. The van der Waals surface area contributed by atoms with Gasteiger partial charge in [0.15, 0.2) is 34.7 Å². The molecular weight excluding hydrogens is 435 g/mol. The van der Waals surface area contributed by atoms with Gasteiger partial charge in [0.25, 0.3) is 0 Å². The molecule has 0 spiro atoms. The molecule has 3 aliphatic carbocycles. The number of phenolic OH excluding ortho intramolecular Hbond substituents is 1. The molecule has 1 aromatic carbocycles. The van der Waals surface area contributed by atoms with Gasteiger partial charge in [-0.2, -0.15) is 0 Å². The van der Waals surface area contributed by atoms with E-state index in [4.69, 9.17) is 5.73 Å². The lowest BCUT2D eigenvalue weighted by Crippen LogP contribution is -2.74. The van der Waals surface area contributed by atoms with Crippen LogP contribution in [0.3, 0.4) is 0 Å². The minimum absolute atomic E-state index is 0.00753. The molecule has 3 aliphatic rings. The van der Waals surface area contributed by atoms with Crippen LogP contribution in [0.1, 0.15) is 41.6 Å². The highest BCUT2D eigenvalue weighted by molar-refractivity contribution is 6.32. The fourth-order valence-electron chi connectivity index (χ4n) is 6.27. The van der Waals surface area contributed by atoms with E-state index in [0.717, 1.165) is 12.1 Å². The Morgan fingerprint density at radius 1 is 1.21 bits per heavy atom. The van der Waals surface area contributed by atoms with E-state index >= 15 is 0 Å². The molecule has 33 heavy (non-hydrogen) atoms. The lowest BCUT2D eigenvalue weighted by Gasteiger charge is -2.54. The maximum Gasteiger partial charge on any atom is 0.235 e. The molecule has 9 nitrogen and oxygen atoms in total. The summed E-state index contributed by atoms with van der Waals surface area (Å²) in [6, 6.07) is 0.858. The first kappa shape index (κ1) is 23.2. The van der Waals surface area contributed by atoms with Gasteiger partial charge in [-0.05, 0) is 50.9 Å². The van der Waals surface area contributed by atoms with Crippen molar-refractivity contribution in [2.75, 3.05) is 14.1 Å². The SMILES string of the molecule is CC[C@H]1c2c(F)ccc(O)c2C(=O)C2C(=O)[C@]3(O)C(=O)C(C(N)=O)C(=O)[C@@H](N(C)C)[C@@H]3C[C@@H]21. The molecule has 7 atom stereocenters. The average Bonchev–Trinajstić information content (AvgIpc) is 2.72. The first-order chi connectivity index (χ1) is 15.4. The number of hydrogen-bond acceptors (Lipinski definition) is 8. The predicted octanol–water partition coefficient (Wildman–Crippen LogP) is -0.0428. The highest BCUT2D eigenvalue weighted by Crippen LogP contribution is 2.55. The van der Waals surface area contributed by atoms with Gasteiger partial charge < -0.3 is 15.9 Å². The number of primary amides is 1. The van der Waals surface area contributed by atoms with Crippen molar-refractivity contribution >= 4 is 29.0 Å². The van der Waals surface area contributed by atoms with E-state index in [1.54, 1.807) is 6.92 Å². The quantitative estimate of drug-likeness (QED) is 0.531. The van der Waals surface area contributed by atoms with E-state index in [9.17, 15) is 38.6 Å². The van der Waals surface area contributed by atoms with Crippen molar-refractivity contribution in [1.29, 1.82) is 0 Å². The molecule has 176 valence electrons. The van der Waals surface area contributed by atoms with Crippen molar-refractivity contribution in [3.63, 3.8) is 0 Å². The van der Waals surface area contributed by atoms with Crippen molar-refractivity contribution in [1.82, 2.24) is 4.90 Å².